The molecule has 7 N–H and O–H groups in total. The van der Waals surface area contributed by atoms with Crippen molar-refractivity contribution >= 4 is 11.8 Å². The molecule has 3 saturated heterocycles. The first-order valence-corrected chi connectivity index (χ1v) is 24.8. The van der Waals surface area contributed by atoms with Gasteiger partial charge in [0.1, 0.15) is 55.4 Å². The molecule has 4 aliphatic carbocycles. The lowest BCUT2D eigenvalue weighted by Crippen LogP contribution is -2.63. The Hall–Kier alpha value is -1.98. The SMILES string of the molecule is CC1OC(OC2C(O)C(C)OC(OCC3C(O)C(C)OC(OC4C(O)C(C)OC(OC5CCC6(C)CC(CCC7C6CCC6(C)C(C8=CC(=O)OC8)CCC76O)C5)C4O)C3O)C2O)C=CC1=O. The molecule has 18 nitrogen and oxygen atoms in total. The molecule has 5 aliphatic heterocycles. The lowest BCUT2D eigenvalue weighted by molar-refractivity contribution is -0.360. The standard InChI is InChI=1S/C49H74O18/c1-22-33(50)9-10-35(61-22)66-42-37(53)24(3)62-44(40(42)56)60-21-29-36(52)23(2)63-45(39(29)55)67-43-38(54)25(4)64-46(41(43)57)65-28-11-14-47(5)19-26(17-28)7-8-32-31(47)12-15-48(6)30(13-16-49(32,48)58)27-18-34(51)59-20-27/h9-10,18,22-26,28-32,35-46,52-58H,7-8,11-17,19-21H2,1-6H3. The number of aliphatic hydroxyl groups is 7. The maximum absolute atomic E-state index is 12.8. The fourth-order valence-corrected chi connectivity index (χ4v) is 14.0. The fourth-order valence-electron chi connectivity index (χ4n) is 14.0. The van der Waals surface area contributed by atoms with E-state index in [-0.39, 0.29) is 47.1 Å². The molecule has 0 aromatic carbocycles. The van der Waals surface area contributed by atoms with Gasteiger partial charge in [0.25, 0.3) is 0 Å². The summed E-state index contributed by atoms with van der Waals surface area (Å²) < 4.78 is 53.4. The molecule has 0 radical (unpaired) electrons. The van der Waals surface area contributed by atoms with E-state index in [1.54, 1.807) is 33.8 Å². The van der Waals surface area contributed by atoms with Gasteiger partial charge in [0, 0.05) is 17.4 Å². The molecule has 7 fully saturated rings. The number of carbonyl (C=O) groups excluding carboxylic acids is 2. The molecule has 18 heteroatoms. The number of carbonyl (C=O) groups is 2. The van der Waals surface area contributed by atoms with Crippen LogP contribution in [0.3, 0.4) is 0 Å². The van der Waals surface area contributed by atoms with E-state index in [1.807, 2.05) is 0 Å². The number of cyclic esters (lactones) is 1. The Bertz CT molecular complexity index is 1860. The van der Waals surface area contributed by atoms with Crippen LogP contribution in [-0.4, -0.2) is 171 Å². The number of fused-ring (bicyclic) bond motifs is 6. The highest BCUT2D eigenvalue weighted by molar-refractivity contribution is 5.93. The van der Waals surface area contributed by atoms with Crippen LogP contribution in [0.1, 0.15) is 106 Å². The van der Waals surface area contributed by atoms with E-state index in [9.17, 15) is 45.3 Å². The van der Waals surface area contributed by atoms with Crippen LogP contribution in [0.4, 0.5) is 0 Å². The highest BCUT2D eigenvalue weighted by Crippen LogP contribution is 2.68. The number of aliphatic hydroxyl groups excluding tert-OH is 6. The molecule has 25 unspecified atom stereocenters. The number of ether oxygens (including phenoxy) is 9. The van der Waals surface area contributed by atoms with Crippen molar-refractivity contribution < 1.29 is 88.0 Å². The second-order valence-corrected chi connectivity index (χ2v) is 22.0. The topological polar surface area (TPSA) is 259 Å². The van der Waals surface area contributed by atoms with E-state index in [0.29, 0.717) is 24.9 Å². The van der Waals surface area contributed by atoms with Crippen molar-refractivity contribution in [2.45, 2.75) is 216 Å². The number of hydrogen-bond donors (Lipinski definition) is 7. The summed E-state index contributed by atoms with van der Waals surface area (Å²) in [6.45, 7) is 10.9. The zero-order valence-corrected chi connectivity index (χ0v) is 39.5. The van der Waals surface area contributed by atoms with Crippen molar-refractivity contribution in [3.05, 3.63) is 23.8 Å². The van der Waals surface area contributed by atoms with Gasteiger partial charge in [0.2, 0.25) is 0 Å². The summed E-state index contributed by atoms with van der Waals surface area (Å²) in [6.07, 6.45) is -6.72. The molecular formula is C49H74O18. The summed E-state index contributed by atoms with van der Waals surface area (Å²) in [5.74, 6) is -0.682. The van der Waals surface area contributed by atoms with E-state index in [0.717, 1.165) is 63.4 Å². The van der Waals surface area contributed by atoms with Gasteiger partial charge in [-0.15, -0.1) is 0 Å². The highest BCUT2D eigenvalue weighted by Gasteiger charge is 2.66. The van der Waals surface area contributed by atoms with Crippen LogP contribution in [0.15, 0.2) is 23.8 Å². The maximum Gasteiger partial charge on any atom is 0.331 e. The minimum atomic E-state index is -1.54. The predicted octanol–water partition coefficient (Wildman–Crippen LogP) is 1.69. The van der Waals surface area contributed by atoms with Crippen LogP contribution >= 0.6 is 0 Å². The maximum atomic E-state index is 12.8. The molecule has 4 saturated carbocycles. The third-order valence-corrected chi connectivity index (χ3v) is 18.0. The van der Waals surface area contributed by atoms with E-state index in [1.165, 1.54) is 12.2 Å². The Balaban J connectivity index is 0.825. The minimum Gasteiger partial charge on any atom is -0.458 e. The average molecular weight is 951 g/mol. The highest BCUT2D eigenvalue weighted by atomic mass is 16.7. The molecule has 9 aliphatic rings. The molecule has 67 heavy (non-hydrogen) atoms. The van der Waals surface area contributed by atoms with Gasteiger partial charge < -0.3 is 78.4 Å². The van der Waals surface area contributed by atoms with Crippen LogP contribution < -0.4 is 0 Å². The summed E-state index contributed by atoms with van der Waals surface area (Å²) in [7, 11) is 0. The van der Waals surface area contributed by atoms with Gasteiger partial charge in [-0.2, -0.15) is 0 Å². The Morgan fingerprint density at radius 2 is 1.34 bits per heavy atom. The lowest BCUT2D eigenvalue weighted by atomic mass is 9.49. The van der Waals surface area contributed by atoms with E-state index in [2.05, 4.69) is 13.8 Å². The van der Waals surface area contributed by atoms with Gasteiger partial charge in [-0.3, -0.25) is 4.79 Å². The zero-order valence-electron chi connectivity index (χ0n) is 39.5. The van der Waals surface area contributed by atoms with Crippen molar-refractivity contribution in [1.82, 2.24) is 0 Å². The van der Waals surface area contributed by atoms with Crippen molar-refractivity contribution in [3.8, 4) is 0 Å². The molecule has 2 bridgehead atoms. The van der Waals surface area contributed by atoms with Gasteiger partial charge >= 0.3 is 5.97 Å². The monoisotopic (exact) mass is 950 g/mol. The van der Waals surface area contributed by atoms with Crippen LogP contribution in [0.2, 0.25) is 0 Å². The molecular weight excluding hydrogens is 877 g/mol. The van der Waals surface area contributed by atoms with Crippen LogP contribution in [0.5, 0.6) is 0 Å². The second-order valence-electron chi connectivity index (χ2n) is 22.0. The first-order valence-electron chi connectivity index (χ1n) is 24.8. The Labute approximate surface area is 392 Å². The van der Waals surface area contributed by atoms with Crippen LogP contribution in [-0.2, 0) is 52.2 Å². The molecule has 25 atom stereocenters. The summed E-state index contributed by atoms with van der Waals surface area (Å²) >= 11 is 0. The summed E-state index contributed by atoms with van der Waals surface area (Å²) in [5.41, 5.74) is -0.172. The number of hydrogen-bond acceptors (Lipinski definition) is 18. The molecule has 0 amide bonds. The van der Waals surface area contributed by atoms with E-state index < -0.39 is 110 Å². The van der Waals surface area contributed by atoms with Gasteiger partial charge in [0.15, 0.2) is 30.9 Å². The first-order chi connectivity index (χ1) is 31.7. The molecule has 0 aromatic rings. The lowest BCUT2D eigenvalue weighted by Gasteiger charge is -2.58. The average Bonchev–Trinajstić information content (AvgIpc) is 3.73. The zero-order chi connectivity index (χ0) is 47.9. The third kappa shape index (κ3) is 9.15. The Kier molecular flexibility index (Phi) is 14.3. The molecule has 378 valence electrons. The summed E-state index contributed by atoms with van der Waals surface area (Å²) in [4.78, 5) is 23.9. The van der Waals surface area contributed by atoms with Crippen molar-refractivity contribution in [1.29, 1.82) is 0 Å². The van der Waals surface area contributed by atoms with Gasteiger partial charge in [-0.1, -0.05) is 13.8 Å². The quantitative estimate of drug-likeness (QED) is 0.154. The van der Waals surface area contributed by atoms with E-state index in [4.69, 9.17) is 42.6 Å². The van der Waals surface area contributed by atoms with Gasteiger partial charge in [0.05, 0.1) is 42.7 Å². The second kappa shape index (κ2) is 19.2. The molecule has 0 spiro atoms. The molecule has 0 aromatic heterocycles. The Morgan fingerprint density at radius 3 is 2.03 bits per heavy atom. The largest absolute Gasteiger partial charge is 0.458 e. The van der Waals surface area contributed by atoms with Crippen molar-refractivity contribution in [3.63, 3.8) is 0 Å². The van der Waals surface area contributed by atoms with Gasteiger partial charge in [-0.05, 0) is 139 Å². The van der Waals surface area contributed by atoms with Crippen LogP contribution in [0.25, 0.3) is 0 Å². The fraction of sp³-hybridized carbons (Fsp3) is 0.878. The predicted molar refractivity (Wildman–Crippen MR) is 232 cm³/mol. The molecule has 5 heterocycles. The minimum absolute atomic E-state index is 0.0405. The van der Waals surface area contributed by atoms with Crippen molar-refractivity contribution in [2.24, 2.45) is 40.4 Å². The Morgan fingerprint density at radius 1 is 0.687 bits per heavy atom. The first kappa shape index (κ1) is 50.0. The van der Waals surface area contributed by atoms with Crippen LogP contribution in [0, 0.1) is 40.4 Å². The third-order valence-electron chi connectivity index (χ3n) is 18.0. The number of rotatable bonds is 10. The number of ketones is 1. The normalized spacial score (nSPS) is 53.5. The van der Waals surface area contributed by atoms with Crippen molar-refractivity contribution in [2.75, 3.05) is 13.2 Å². The summed E-state index contributed by atoms with van der Waals surface area (Å²) in [5, 5.41) is 80.9. The molecule has 9 rings (SSSR count). The summed E-state index contributed by atoms with van der Waals surface area (Å²) in [6, 6.07) is 0. The number of esters is 1. The van der Waals surface area contributed by atoms with Gasteiger partial charge in [-0.25, -0.2) is 4.79 Å². The smallest absolute Gasteiger partial charge is 0.331 e. The van der Waals surface area contributed by atoms with E-state index >= 15 is 0 Å².